The highest BCUT2D eigenvalue weighted by Crippen LogP contribution is 2.35. The molecule has 2 nitrogen and oxygen atoms in total. The molecule has 110 valence electrons. The van der Waals surface area contributed by atoms with Crippen LogP contribution in [-0.4, -0.2) is 12.7 Å². The number of benzene rings is 1. The van der Waals surface area contributed by atoms with E-state index in [2.05, 4.69) is 0 Å². The van der Waals surface area contributed by atoms with Crippen molar-refractivity contribution < 1.29 is 30.7 Å². The van der Waals surface area contributed by atoms with Gasteiger partial charge in [0.15, 0.2) is 0 Å². The maximum absolute atomic E-state index is 12.8. The largest absolute Gasteiger partial charge is 0.416 e. The van der Waals surface area contributed by atoms with Gasteiger partial charge in [-0.2, -0.15) is 31.6 Å². The predicted octanol–water partition coefficient (Wildman–Crippen LogP) is 3.56. The Bertz CT molecular complexity index is 513. The second-order valence-corrected chi connectivity index (χ2v) is 3.79. The van der Waals surface area contributed by atoms with Crippen LogP contribution in [0.2, 0.25) is 0 Å². The molecule has 1 atom stereocenters. The molecule has 1 aromatic carbocycles. The van der Waals surface area contributed by atoms with E-state index in [4.69, 9.17) is 5.26 Å². The predicted molar refractivity (Wildman–Crippen MR) is 53.8 cm³/mol. The van der Waals surface area contributed by atoms with Crippen LogP contribution in [0.4, 0.5) is 30.7 Å². The van der Waals surface area contributed by atoms with Crippen molar-refractivity contribution in [2.24, 2.45) is 0 Å². The molecule has 1 N–H and O–H groups in total. The number of alkyl halides is 6. The summed E-state index contributed by atoms with van der Waals surface area (Å²) in [6.07, 6.45) is -9.67. The van der Waals surface area contributed by atoms with E-state index in [-0.39, 0.29) is 6.07 Å². The zero-order valence-electron chi connectivity index (χ0n) is 9.61. The van der Waals surface area contributed by atoms with E-state index in [1.54, 1.807) is 5.32 Å². The molecule has 20 heavy (non-hydrogen) atoms. The van der Waals surface area contributed by atoms with Crippen molar-refractivity contribution in [3.8, 4) is 6.07 Å². The number of hydrogen-bond donors (Lipinski definition) is 1. The van der Waals surface area contributed by atoms with Crippen LogP contribution >= 0.6 is 0 Å². The molecule has 0 aliphatic rings. The van der Waals surface area contributed by atoms with Gasteiger partial charge in [-0.05, 0) is 17.7 Å². The molecule has 0 bridgehead atoms. The number of nitriles is 1. The van der Waals surface area contributed by atoms with Gasteiger partial charge < -0.3 is 0 Å². The van der Waals surface area contributed by atoms with Gasteiger partial charge in [0.05, 0.1) is 18.2 Å². The first kappa shape index (κ1) is 16.2. The fourth-order valence-electron chi connectivity index (χ4n) is 1.47. The summed E-state index contributed by atoms with van der Waals surface area (Å²) < 4.78 is 86.9. The van der Waals surface area contributed by atoms with Crippen LogP contribution in [0.25, 0.3) is 0 Å². The molecule has 0 saturated carbocycles. The first-order valence-electron chi connectivity index (χ1n) is 5.11. The summed E-state index contributed by atoms with van der Waals surface area (Å²) in [4.78, 5) is 0. The summed E-state index contributed by atoms with van der Waals surface area (Å²) in [5.41, 5.74) is -2.25. The van der Waals surface area contributed by atoms with Crippen LogP contribution in [0.15, 0.2) is 18.2 Å². The molecule has 0 heterocycles. The molecule has 0 spiro atoms. The molecule has 1 aromatic rings. The average molecular weight is 300 g/mol. The van der Waals surface area contributed by atoms with Crippen LogP contribution < -0.4 is 5.32 Å². The van der Waals surface area contributed by atoms with Gasteiger partial charge in [0, 0.05) is 0 Å². The lowest BCUT2D eigenvalue weighted by Crippen LogP contribution is -2.32. The van der Waals surface area contributed by atoms with Gasteiger partial charge in [0.25, 0.3) is 0 Å². The van der Waals surface area contributed by atoms with E-state index in [0.717, 1.165) is 0 Å². The zero-order valence-corrected chi connectivity index (χ0v) is 9.61. The van der Waals surface area contributed by atoms with Crippen LogP contribution in [0.3, 0.4) is 0 Å². The fraction of sp³-hybridized carbons (Fsp3) is 0.364. The zero-order chi connectivity index (χ0) is 15.6. The summed E-state index contributed by atoms with van der Waals surface area (Å²) in [5.74, 6) is -1.20. The third-order valence-corrected chi connectivity index (χ3v) is 2.27. The fourth-order valence-corrected chi connectivity index (χ4v) is 1.47. The smallest absolute Gasteiger partial charge is 0.290 e. The Hall–Kier alpha value is -1.82. The van der Waals surface area contributed by atoms with Crippen molar-refractivity contribution in [1.29, 1.82) is 5.26 Å². The second-order valence-electron chi connectivity index (χ2n) is 3.79. The van der Waals surface area contributed by atoms with Gasteiger partial charge >= 0.3 is 12.4 Å². The molecule has 0 aliphatic carbocycles. The standard InChI is InChI=1S/C11H7F7N2/c12-6-1-2-7(8(3-6)11(16,17)18)9(4-19)20-5-10(13,14)15/h1-3,9,20H,5H2. The summed E-state index contributed by atoms with van der Waals surface area (Å²) in [6.45, 7) is -1.64. The van der Waals surface area contributed by atoms with E-state index >= 15 is 0 Å². The summed E-state index contributed by atoms with van der Waals surface area (Å²) >= 11 is 0. The lowest BCUT2D eigenvalue weighted by atomic mass is 10.0. The number of halogens is 7. The molecule has 0 amide bonds. The molecular weight excluding hydrogens is 293 g/mol. The van der Waals surface area contributed by atoms with Crippen molar-refractivity contribution in [2.75, 3.05) is 6.54 Å². The van der Waals surface area contributed by atoms with E-state index in [9.17, 15) is 30.7 Å². The first-order valence-corrected chi connectivity index (χ1v) is 5.11. The van der Waals surface area contributed by atoms with Crippen molar-refractivity contribution in [2.45, 2.75) is 18.4 Å². The highest BCUT2D eigenvalue weighted by Gasteiger charge is 2.37. The first-order chi connectivity index (χ1) is 9.04. The highest BCUT2D eigenvalue weighted by atomic mass is 19.4. The molecule has 0 saturated heterocycles. The van der Waals surface area contributed by atoms with Crippen LogP contribution in [0.1, 0.15) is 17.2 Å². The third-order valence-electron chi connectivity index (χ3n) is 2.27. The Kier molecular flexibility index (Phi) is 4.60. The van der Waals surface area contributed by atoms with E-state index in [0.29, 0.717) is 12.1 Å². The second kappa shape index (κ2) is 5.66. The maximum Gasteiger partial charge on any atom is 0.416 e. The minimum Gasteiger partial charge on any atom is -0.290 e. The minimum atomic E-state index is -4.98. The Morgan fingerprint density at radius 1 is 1.15 bits per heavy atom. The normalized spacial score (nSPS) is 13.9. The third kappa shape index (κ3) is 4.38. The molecule has 1 unspecified atom stereocenters. The number of rotatable bonds is 3. The quantitative estimate of drug-likeness (QED) is 0.866. The number of nitrogens with one attached hydrogen (secondary N) is 1. The molecular formula is C11H7F7N2. The van der Waals surface area contributed by atoms with Crippen molar-refractivity contribution in [3.05, 3.63) is 35.1 Å². The van der Waals surface area contributed by atoms with E-state index < -0.39 is 41.9 Å². The van der Waals surface area contributed by atoms with E-state index in [1.165, 1.54) is 6.07 Å². The topological polar surface area (TPSA) is 35.8 Å². The van der Waals surface area contributed by atoms with Crippen LogP contribution in [-0.2, 0) is 6.18 Å². The van der Waals surface area contributed by atoms with Gasteiger partial charge in [-0.1, -0.05) is 6.07 Å². The Balaban J connectivity index is 3.13. The van der Waals surface area contributed by atoms with Crippen LogP contribution in [0.5, 0.6) is 0 Å². The molecule has 0 fully saturated rings. The van der Waals surface area contributed by atoms with Gasteiger partial charge in [0.1, 0.15) is 11.9 Å². The summed E-state index contributed by atoms with van der Waals surface area (Å²) in [5, 5.41) is 10.3. The SMILES string of the molecule is N#CC(NCC(F)(F)F)c1ccc(F)cc1C(F)(F)F. The lowest BCUT2D eigenvalue weighted by molar-refractivity contribution is -0.138. The van der Waals surface area contributed by atoms with E-state index in [1.807, 2.05) is 0 Å². The Morgan fingerprint density at radius 2 is 1.75 bits per heavy atom. The minimum absolute atomic E-state index is 0.134. The Labute approximate surface area is 108 Å². The Morgan fingerprint density at radius 3 is 2.20 bits per heavy atom. The van der Waals surface area contributed by atoms with Gasteiger partial charge in [-0.25, -0.2) is 4.39 Å². The monoisotopic (exact) mass is 300 g/mol. The van der Waals surface area contributed by atoms with Gasteiger partial charge in [-0.3, -0.25) is 5.32 Å². The van der Waals surface area contributed by atoms with Crippen molar-refractivity contribution in [3.63, 3.8) is 0 Å². The molecule has 0 radical (unpaired) electrons. The highest BCUT2D eigenvalue weighted by molar-refractivity contribution is 5.36. The van der Waals surface area contributed by atoms with Gasteiger partial charge in [0.2, 0.25) is 0 Å². The van der Waals surface area contributed by atoms with Crippen molar-refractivity contribution >= 4 is 0 Å². The molecule has 0 aliphatic heterocycles. The van der Waals surface area contributed by atoms with Gasteiger partial charge in [-0.15, -0.1) is 0 Å². The molecule has 0 aromatic heterocycles. The van der Waals surface area contributed by atoms with Crippen molar-refractivity contribution in [1.82, 2.24) is 5.32 Å². The average Bonchev–Trinajstić information content (AvgIpc) is 2.28. The number of nitrogens with zero attached hydrogens (tertiary/aromatic N) is 1. The van der Waals surface area contributed by atoms with Crippen LogP contribution in [0, 0.1) is 17.1 Å². The number of hydrogen-bond acceptors (Lipinski definition) is 2. The molecule has 1 rings (SSSR count). The lowest BCUT2D eigenvalue weighted by Gasteiger charge is -2.18. The summed E-state index contributed by atoms with van der Waals surface area (Å²) in [6, 6.07) is 0.848. The molecule has 9 heteroatoms. The maximum atomic E-state index is 12.8. The summed E-state index contributed by atoms with van der Waals surface area (Å²) in [7, 11) is 0.